The maximum atomic E-state index is 11.0. The van der Waals surface area contributed by atoms with E-state index in [-0.39, 0.29) is 12.4 Å². The summed E-state index contributed by atoms with van der Waals surface area (Å²) in [5, 5.41) is 8.52. The van der Waals surface area contributed by atoms with E-state index >= 15 is 0 Å². The lowest BCUT2D eigenvalue weighted by molar-refractivity contribution is -0.153. The number of carbonyl (C=O) groups is 2. The van der Waals surface area contributed by atoms with E-state index in [9.17, 15) is 9.59 Å². The fourth-order valence-electron chi connectivity index (χ4n) is 0.796. The zero-order chi connectivity index (χ0) is 11.4. The number of hydrogen-bond acceptors (Lipinski definition) is 3. The number of carboxylic acids is 1. The summed E-state index contributed by atoms with van der Waals surface area (Å²) in [7, 11) is 0. The first kappa shape index (κ1) is 12.7. The maximum Gasteiger partial charge on any atom is 0.328 e. The molecule has 0 aliphatic carbocycles. The Kier molecular flexibility index (Phi) is 4.34. The SMILES string of the molecule is CCC(=O)OC(C)(C)/C(C)=C/C(=O)O. The smallest absolute Gasteiger partial charge is 0.328 e. The van der Waals surface area contributed by atoms with Crippen LogP contribution in [0.4, 0.5) is 0 Å². The highest BCUT2D eigenvalue weighted by molar-refractivity contribution is 5.81. The molecule has 80 valence electrons. The third-order valence-corrected chi connectivity index (χ3v) is 1.95. The lowest BCUT2D eigenvalue weighted by atomic mass is 9.99. The Labute approximate surface area is 83.6 Å². The van der Waals surface area contributed by atoms with E-state index in [1.807, 2.05) is 0 Å². The van der Waals surface area contributed by atoms with Gasteiger partial charge < -0.3 is 9.84 Å². The van der Waals surface area contributed by atoms with E-state index in [2.05, 4.69) is 0 Å². The van der Waals surface area contributed by atoms with Gasteiger partial charge in [0.15, 0.2) is 0 Å². The number of carboxylic acid groups (broad SMARTS) is 1. The van der Waals surface area contributed by atoms with Crippen LogP contribution in [0.5, 0.6) is 0 Å². The molecule has 0 radical (unpaired) electrons. The topological polar surface area (TPSA) is 63.6 Å². The normalized spacial score (nSPS) is 12.4. The molecule has 0 atom stereocenters. The van der Waals surface area contributed by atoms with Crippen LogP contribution in [0.1, 0.15) is 34.1 Å². The molecule has 0 rings (SSSR count). The predicted octanol–water partition coefficient (Wildman–Crippen LogP) is 1.75. The fraction of sp³-hybridized carbons (Fsp3) is 0.600. The predicted molar refractivity (Wildman–Crippen MR) is 51.9 cm³/mol. The molecule has 4 nitrogen and oxygen atoms in total. The van der Waals surface area contributed by atoms with Gasteiger partial charge in [-0.2, -0.15) is 0 Å². The van der Waals surface area contributed by atoms with Crippen molar-refractivity contribution < 1.29 is 19.4 Å². The van der Waals surface area contributed by atoms with Gasteiger partial charge in [0, 0.05) is 12.5 Å². The van der Waals surface area contributed by atoms with Crippen LogP contribution in [-0.4, -0.2) is 22.6 Å². The van der Waals surface area contributed by atoms with Gasteiger partial charge in [-0.3, -0.25) is 4.79 Å². The van der Waals surface area contributed by atoms with Gasteiger partial charge >= 0.3 is 11.9 Å². The van der Waals surface area contributed by atoms with E-state index in [1.54, 1.807) is 27.7 Å². The number of hydrogen-bond donors (Lipinski definition) is 1. The van der Waals surface area contributed by atoms with Crippen molar-refractivity contribution >= 4 is 11.9 Å². The van der Waals surface area contributed by atoms with E-state index in [4.69, 9.17) is 9.84 Å². The van der Waals surface area contributed by atoms with Crippen LogP contribution in [-0.2, 0) is 14.3 Å². The summed E-state index contributed by atoms with van der Waals surface area (Å²) in [5.41, 5.74) is -0.349. The Balaban J connectivity index is 4.60. The Morgan fingerprint density at radius 2 is 1.93 bits per heavy atom. The first-order valence-corrected chi connectivity index (χ1v) is 4.43. The number of esters is 1. The van der Waals surface area contributed by atoms with Gasteiger partial charge in [-0.15, -0.1) is 0 Å². The molecule has 0 aliphatic heterocycles. The number of ether oxygens (including phenoxy) is 1. The molecular weight excluding hydrogens is 184 g/mol. The van der Waals surface area contributed by atoms with Crippen LogP contribution in [0.3, 0.4) is 0 Å². The largest absolute Gasteiger partial charge is 0.478 e. The molecule has 0 aromatic heterocycles. The van der Waals surface area contributed by atoms with E-state index < -0.39 is 11.6 Å². The van der Waals surface area contributed by atoms with Crippen LogP contribution in [0, 0.1) is 0 Å². The molecule has 0 spiro atoms. The number of carbonyl (C=O) groups excluding carboxylic acids is 1. The first-order chi connectivity index (χ1) is 6.29. The Morgan fingerprint density at radius 1 is 1.43 bits per heavy atom. The molecule has 0 heterocycles. The summed E-state index contributed by atoms with van der Waals surface area (Å²) in [6.07, 6.45) is 1.33. The molecule has 1 N–H and O–H groups in total. The van der Waals surface area contributed by atoms with Crippen LogP contribution >= 0.6 is 0 Å². The van der Waals surface area contributed by atoms with Crippen molar-refractivity contribution in [1.29, 1.82) is 0 Å². The molecule has 0 saturated heterocycles. The minimum Gasteiger partial charge on any atom is -0.478 e. The molecule has 14 heavy (non-hydrogen) atoms. The second-order valence-corrected chi connectivity index (χ2v) is 3.50. The summed E-state index contributed by atoms with van der Waals surface area (Å²) < 4.78 is 5.08. The van der Waals surface area contributed by atoms with Crippen molar-refractivity contribution in [2.24, 2.45) is 0 Å². The summed E-state index contributed by atoms with van der Waals surface area (Å²) >= 11 is 0. The third-order valence-electron chi connectivity index (χ3n) is 1.95. The Bertz CT molecular complexity index is 263. The Hall–Kier alpha value is -1.32. The molecule has 0 bridgehead atoms. The summed E-state index contributed by atoms with van der Waals surface area (Å²) in [6.45, 7) is 6.64. The zero-order valence-electron chi connectivity index (χ0n) is 8.96. The summed E-state index contributed by atoms with van der Waals surface area (Å²) in [5.74, 6) is -1.38. The van der Waals surface area contributed by atoms with Crippen molar-refractivity contribution in [3.8, 4) is 0 Å². The van der Waals surface area contributed by atoms with Gasteiger partial charge in [0.05, 0.1) is 0 Å². The van der Waals surface area contributed by atoms with Crippen molar-refractivity contribution in [2.75, 3.05) is 0 Å². The minimum absolute atomic E-state index is 0.282. The highest BCUT2D eigenvalue weighted by Crippen LogP contribution is 2.20. The second kappa shape index (κ2) is 4.79. The van der Waals surface area contributed by atoms with Crippen molar-refractivity contribution in [1.82, 2.24) is 0 Å². The summed E-state index contributed by atoms with van der Waals surface area (Å²) in [4.78, 5) is 21.4. The van der Waals surface area contributed by atoms with Crippen molar-refractivity contribution in [3.05, 3.63) is 11.6 Å². The average Bonchev–Trinajstić information content (AvgIpc) is 2.02. The molecule has 0 saturated carbocycles. The van der Waals surface area contributed by atoms with Gasteiger partial charge in [-0.1, -0.05) is 6.92 Å². The third kappa shape index (κ3) is 4.07. The van der Waals surface area contributed by atoms with Gasteiger partial charge in [-0.05, 0) is 26.3 Å². The van der Waals surface area contributed by atoms with Gasteiger partial charge in [0.1, 0.15) is 5.60 Å². The maximum absolute atomic E-state index is 11.0. The van der Waals surface area contributed by atoms with Gasteiger partial charge in [0.2, 0.25) is 0 Å². The quantitative estimate of drug-likeness (QED) is 0.554. The minimum atomic E-state index is -1.04. The molecule has 0 fully saturated rings. The number of rotatable bonds is 4. The molecule has 0 amide bonds. The zero-order valence-corrected chi connectivity index (χ0v) is 8.96. The Morgan fingerprint density at radius 3 is 2.29 bits per heavy atom. The summed E-state index contributed by atoms with van der Waals surface area (Å²) in [6, 6.07) is 0. The molecular formula is C10H16O4. The average molecular weight is 200 g/mol. The van der Waals surface area contributed by atoms with E-state index in [0.29, 0.717) is 5.57 Å². The van der Waals surface area contributed by atoms with E-state index in [0.717, 1.165) is 6.08 Å². The monoisotopic (exact) mass is 200 g/mol. The van der Waals surface area contributed by atoms with Crippen LogP contribution < -0.4 is 0 Å². The van der Waals surface area contributed by atoms with Crippen LogP contribution in [0.15, 0.2) is 11.6 Å². The van der Waals surface area contributed by atoms with Crippen LogP contribution in [0.25, 0.3) is 0 Å². The first-order valence-electron chi connectivity index (χ1n) is 4.43. The lowest BCUT2D eigenvalue weighted by Crippen LogP contribution is -2.29. The fourth-order valence-corrected chi connectivity index (χ4v) is 0.796. The second-order valence-electron chi connectivity index (χ2n) is 3.50. The standard InChI is InChI=1S/C10H16O4/c1-5-9(13)14-10(3,4)7(2)6-8(11)12/h6H,5H2,1-4H3,(H,11,12)/b7-6+. The van der Waals surface area contributed by atoms with Crippen molar-refractivity contribution in [3.63, 3.8) is 0 Å². The molecule has 0 aromatic rings. The van der Waals surface area contributed by atoms with Crippen LogP contribution in [0.2, 0.25) is 0 Å². The van der Waals surface area contributed by atoms with Crippen molar-refractivity contribution in [2.45, 2.75) is 39.7 Å². The molecule has 0 unspecified atom stereocenters. The van der Waals surface area contributed by atoms with Gasteiger partial charge in [0.25, 0.3) is 0 Å². The van der Waals surface area contributed by atoms with E-state index in [1.165, 1.54) is 0 Å². The lowest BCUT2D eigenvalue weighted by Gasteiger charge is -2.25. The molecule has 0 aromatic carbocycles. The number of aliphatic carboxylic acids is 1. The molecule has 4 heteroatoms. The van der Waals surface area contributed by atoms with Gasteiger partial charge in [-0.25, -0.2) is 4.79 Å². The molecule has 0 aliphatic rings. The highest BCUT2D eigenvalue weighted by Gasteiger charge is 2.24. The highest BCUT2D eigenvalue weighted by atomic mass is 16.6.